The van der Waals surface area contributed by atoms with Gasteiger partial charge in [-0.3, -0.25) is 9.69 Å². The first-order chi connectivity index (χ1) is 12.7. The molecule has 0 aliphatic heterocycles. The number of likely N-dealkylation sites (N-methyl/N-ethyl adjacent to an activating group) is 1. The van der Waals surface area contributed by atoms with Crippen LogP contribution in [-0.4, -0.2) is 48.9 Å². The average Bonchev–Trinajstić information content (AvgIpc) is 2.94. The first-order valence-electron chi connectivity index (χ1n) is 8.55. The van der Waals surface area contributed by atoms with E-state index in [-0.39, 0.29) is 11.5 Å². The number of methoxy groups -OCH3 is 2. The molecule has 0 saturated heterocycles. The van der Waals surface area contributed by atoms with Crippen molar-refractivity contribution < 1.29 is 23.5 Å². The number of nitrogens with zero attached hydrogens (tertiary/aromatic N) is 1. The number of nitrogens with one attached hydrogen (secondary N) is 1. The van der Waals surface area contributed by atoms with Gasteiger partial charge in [0.15, 0.2) is 17.3 Å². The lowest BCUT2D eigenvalue weighted by molar-refractivity contribution is 0.0599. The quantitative estimate of drug-likeness (QED) is 0.593. The van der Waals surface area contributed by atoms with E-state index < -0.39 is 17.8 Å². The largest absolute Gasteiger partial charge is 0.494 e. The molecule has 1 atom stereocenters. The van der Waals surface area contributed by atoms with Crippen molar-refractivity contribution in [2.24, 2.45) is 0 Å². The number of hydrogen-bond donors (Lipinski definition) is 1. The van der Waals surface area contributed by atoms with E-state index in [1.54, 1.807) is 40.0 Å². The van der Waals surface area contributed by atoms with Crippen molar-refractivity contribution in [1.29, 1.82) is 0 Å². The lowest BCUT2D eigenvalue weighted by Gasteiger charge is -2.23. The molecule has 1 heterocycles. The number of Topliss-reactive ketones (excluding diaryl/α,β-unsaturated/α-hetero) is 1. The number of carbonyl (C=O) groups excluding carboxylic acids is 2. The number of aromatic nitrogens is 1. The van der Waals surface area contributed by atoms with E-state index in [2.05, 4.69) is 4.98 Å². The van der Waals surface area contributed by atoms with Gasteiger partial charge in [0.25, 0.3) is 0 Å². The highest BCUT2D eigenvalue weighted by Gasteiger charge is 2.27. The lowest BCUT2D eigenvalue weighted by Crippen LogP contribution is -2.36. The molecule has 0 unspecified atom stereocenters. The van der Waals surface area contributed by atoms with Crippen molar-refractivity contribution in [2.75, 3.05) is 21.3 Å². The van der Waals surface area contributed by atoms with Crippen LogP contribution in [-0.2, 0) is 11.3 Å². The maximum absolute atomic E-state index is 13.9. The zero-order valence-corrected chi connectivity index (χ0v) is 16.5. The molecule has 0 aliphatic rings. The molecule has 0 fully saturated rings. The van der Waals surface area contributed by atoms with Gasteiger partial charge in [0, 0.05) is 12.2 Å². The molecule has 0 amide bonds. The second-order valence-electron chi connectivity index (χ2n) is 6.54. The van der Waals surface area contributed by atoms with Gasteiger partial charge < -0.3 is 14.5 Å². The highest BCUT2D eigenvalue weighted by atomic mass is 19.1. The van der Waals surface area contributed by atoms with Crippen molar-refractivity contribution in [3.8, 4) is 5.75 Å². The molecule has 0 aliphatic carbocycles. The van der Waals surface area contributed by atoms with Crippen LogP contribution in [0.2, 0.25) is 0 Å². The van der Waals surface area contributed by atoms with Crippen LogP contribution in [0.15, 0.2) is 18.2 Å². The van der Waals surface area contributed by atoms with Crippen molar-refractivity contribution in [2.45, 2.75) is 33.4 Å². The smallest absolute Gasteiger partial charge is 0.339 e. The van der Waals surface area contributed by atoms with Crippen LogP contribution in [0, 0.1) is 19.7 Å². The fourth-order valence-corrected chi connectivity index (χ4v) is 3.05. The van der Waals surface area contributed by atoms with E-state index in [4.69, 9.17) is 9.47 Å². The number of H-pyrrole nitrogens is 1. The van der Waals surface area contributed by atoms with Gasteiger partial charge in [-0.1, -0.05) is 6.07 Å². The van der Waals surface area contributed by atoms with Crippen LogP contribution in [0.4, 0.5) is 4.39 Å². The van der Waals surface area contributed by atoms with Gasteiger partial charge >= 0.3 is 5.97 Å². The predicted molar refractivity (Wildman–Crippen MR) is 99.8 cm³/mol. The van der Waals surface area contributed by atoms with Gasteiger partial charge in [0.05, 0.1) is 31.5 Å². The van der Waals surface area contributed by atoms with E-state index in [9.17, 15) is 14.0 Å². The minimum absolute atomic E-state index is 0.151. The van der Waals surface area contributed by atoms with Crippen LogP contribution in [0.3, 0.4) is 0 Å². The van der Waals surface area contributed by atoms with Gasteiger partial charge in [-0.2, -0.15) is 0 Å². The topological polar surface area (TPSA) is 71.6 Å². The molecular weight excluding hydrogens is 351 g/mol. The molecular formula is C20H25FN2O4. The van der Waals surface area contributed by atoms with Gasteiger partial charge in [0.1, 0.15) is 0 Å². The third-order valence-electron chi connectivity index (χ3n) is 4.76. The van der Waals surface area contributed by atoms with E-state index in [0.717, 1.165) is 5.56 Å². The molecule has 7 heteroatoms. The Bertz CT molecular complexity index is 860. The Labute approximate surface area is 158 Å². The summed E-state index contributed by atoms with van der Waals surface area (Å²) in [5.41, 5.74) is 2.65. The van der Waals surface area contributed by atoms with E-state index >= 15 is 0 Å². The summed E-state index contributed by atoms with van der Waals surface area (Å²) in [6.07, 6.45) is 0. The molecule has 27 heavy (non-hydrogen) atoms. The highest BCUT2D eigenvalue weighted by molar-refractivity contribution is 6.03. The first-order valence-corrected chi connectivity index (χ1v) is 8.55. The van der Waals surface area contributed by atoms with Crippen molar-refractivity contribution in [3.63, 3.8) is 0 Å². The SMILES string of the molecule is COC(=O)c1c(C)[nH]c(C(=O)[C@H](C)N(C)Cc2ccc(OC)c(F)c2)c1C. The van der Waals surface area contributed by atoms with Crippen LogP contribution in [0.1, 0.15) is 44.6 Å². The summed E-state index contributed by atoms with van der Waals surface area (Å²) < 4.78 is 23.6. The third kappa shape index (κ3) is 4.19. The fourth-order valence-electron chi connectivity index (χ4n) is 3.05. The second-order valence-corrected chi connectivity index (χ2v) is 6.54. The summed E-state index contributed by atoms with van der Waals surface area (Å²) >= 11 is 0. The lowest BCUT2D eigenvalue weighted by atomic mass is 10.0. The molecule has 0 saturated carbocycles. The summed E-state index contributed by atoms with van der Waals surface area (Å²) in [4.78, 5) is 29.6. The molecule has 1 aromatic heterocycles. The molecule has 2 rings (SSSR count). The second kappa shape index (κ2) is 8.35. The zero-order chi connectivity index (χ0) is 20.3. The van der Waals surface area contributed by atoms with Gasteiger partial charge in [-0.15, -0.1) is 0 Å². The minimum atomic E-state index is -0.477. The van der Waals surface area contributed by atoms with E-state index in [1.807, 2.05) is 4.90 Å². The number of ether oxygens (including phenoxy) is 2. The number of rotatable bonds is 7. The summed E-state index contributed by atoms with van der Waals surface area (Å²) in [7, 11) is 4.51. The zero-order valence-electron chi connectivity index (χ0n) is 16.5. The normalized spacial score (nSPS) is 12.1. The fraction of sp³-hybridized carbons (Fsp3) is 0.400. The number of aromatic amines is 1. The third-order valence-corrected chi connectivity index (χ3v) is 4.76. The number of benzene rings is 1. The minimum Gasteiger partial charge on any atom is -0.494 e. The van der Waals surface area contributed by atoms with Gasteiger partial charge in [0.2, 0.25) is 0 Å². The monoisotopic (exact) mass is 376 g/mol. The maximum atomic E-state index is 13.9. The van der Waals surface area contributed by atoms with Crippen LogP contribution in [0.5, 0.6) is 5.75 Å². The van der Waals surface area contributed by atoms with Crippen LogP contribution in [0.25, 0.3) is 0 Å². The van der Waals surface area contributed by atoms with E-state index in [1.165, 1.54) is 20.3 Å². The number of esters is 1. The molecule has 2 aromatic rings. The van der Waals surface area contributed by atoms with Crippen molar-refractivity contribution in [1.82, 2.24) is 9.88 Å². The van der Waals surface area contributed by atoms with Crippen LogP contribution < -0.4 is 4.74 Å². The Morgan fingerprint density at radius 3 is 2.48 bits per heavy atom. The molecule has 1 N–H and O–H groups in total. The summed E-state index contributed by atoms with van der Waals surface area (Å²) in [6.45, 7) is 5.60. The molecule has 0 spiro atoms. The Kier molecular flexibility index (Phi) is 6.38. The Morgan fingerprint density at radius 1 is 1.26 bits per heavy atom. The standard InChI is InChI=1S/C20H25FN2O4/c1-11-17(20(25)27-6)12(2)22-18(11)19(24)13(3)23(4)10-14-7-8-16(26-5)15(21)9-14/h7-9,13,22H,10H2,1-6H3/t13-/m0/s1. The Morgan fingerprint density at radius 2 is 1.93 bits per heavy atom. The summed E-state index contributed by atoms with van der Waals surface area (Å²) in [6, 6.07) is 4.24. The Balaban J connectivity index is 2.19. The molecule has 1 aromatic carbocycles. The number of ketones is 1. The molecule has 0 radical (unpaired) electrons. The number of aryl methyl sites for hydroxylation is 1. The number of carbonyl (C=O) groups is 2. The summed E-state index contributed by atoms with van der Waals surface area (Å²) in [5, 5.41) is 0. The van der Waals surface area contributed by atoms with Crippen molar-refractivity contribution >= 4 is 11.8 Å². The maximum Gasteiger partial charge on any atom is 0.339 e. The van der Waals surface area contributed by atoms with Crippen LogP contribution >= 0.6 is 0 Å². The Hall–Kier alpha value is -2.67. The van der Waals surface area contributed by atoms with Gasteiger partial charge in [-0.25, -0.2) is 9.18 Å². The van der Waals surface area contributed by atoms with Gasteiger partial charge in [-0.05, 0) is 51.1 Å². The average molecular weight is 376 g/mol. The molecule has 0 bridgehead atoms. The van der Waals surface area contributed by atoms with E-state index in [0.29, 0.717) is 29.1 Å². The summed E-state index contributed by atoms with van der Waals surface area (Å²) in [5.74, 6) is -0.892. The van der Waals surface area contributed by atoms with Crippen molar-refractivity contribution in [3.05, 3.63) is 52.1 Å². The number of hydrogen-bond acceptors (Lipinski definition) is 5. The molecule has 6 nitrogen and oxygen atoms in total. The predicted octanol–water partition coefficient (Wildman–Crippen LogP) is 3.27. The molecule has 146 valence electrons. The first kappa shape index (κ1) is 20.6. The number of halogens is 1. The highest BCUT2D eigenvalue weighted by Crippen LogP contribution is 2.22.